The fourth-order valence-corrected chi connectivity index (χ4v) is 4.34. The van der Waals surface area contributed by atoms with Gasteiger partial charge in [0.1, 0.15) is 6.04 Å². The first kappa shape index (κ1) is 18.5. The van der Waals surface area contributed by atoms with Gasteiger partial charge in [0, 0.05) is 48.9 Å². The van der Waals surface area contributed by atoms with Crippen LogP contribution in [0.5, 0.6) is 0 Å². The summed E-state index contributed by atoms with van der Waals surface area (Å²) >= 11 is 0. The van der Waals surface area contributed by atoms with Gasteiger partial charge in [-0.25, -0.2) is 4.79 Å². The molecule has 0 bridgehead atoms. The van der Waals surface area contributed by atoms with Gasteiger partial charge in [-0.3, -0.25) is 9.59 Å². The van der Waals surface area contributed by atoms with Gasteiger partial charge in [0.05, 0.1) is 6.54 Å². The number of hydrogen-bond acceptors (Lipinski definition) is 3. The number of aromatic nitrogens is 1. The Morgan fingerprint density at radius 1 is 1.18 bits per heavy atom. The van der Waals surface area contributed by atoms with Crippen molar-refractivity contribution in [3.63, 3.8) is 0 Å². The standard InChI is InChI=1S/C21H25N3O4/c25-19-8-2-1-5-10-23(19)11-9-20(26)24-13-17-15(12-18(24)21(27)28)14-6-3-4-7-16(14)22-17/h3-4,6-7,18,22H,1-2,5,8-13H2,(H,27,28). The number of H-pyrrole nitrogens is 1. The highest BCUT2D eigenvalue weighted by Crippen LogP contribution is 2.30. The molecular formula is C21H25N3O4. The molecule has 4 rings (SSSR count). The maximum absolute atomic E-state index is 12.9. The number of carbonyl (C=O) groups excluding carboxylic acids is 2. The number of amides is 2. The van der Waals surface area contributed by atoms with Gasteiger partial charge in [0.15, 0.2) is 0 Å². The third-order valence-corrected chi connectivity index (χ3v) is 5.88. The molecule has 148 valence electrons. The van der Waals surface area contributed by atoms with Crippen LogP contribution in [0.2, 0.25) is 0 Å². The third kappa shape index (κ3) is 3.48. The van der Waals surface area contributed by atoms with Crippen molar-refractivity contribution in [1.82, 2.24) is 14.8 Å². The van der Waals surface area contributed by atoms with Gasteiger partial charge >= 0.3 is 5.97 Å². The lowest BCUT2D eigenvalue weighted by Gasteiger charge is -2.33. The van der Waals surface area contributed by atoms with Gasteiger partial charge in [0.25, 0.3) is 0 Å². The second kappa shape index (κ2) is 7.66. The maximum Gasteiger partial charge on any atom is 0.326 e. The van der Waals surface area contributed by atoms with E-state index in [9.17, 15) is 19.5 Å². The first-order valence-corrected chi connectivity index (χ1v) is 9.93. The van der Waals surface area contributed by atoms with E-state index in [1.807, 2.05) is 24.3 Å². The molecule has 28 heavy (non-hydrogen) atoms. The SMILES string of the molecule is O=C(O)C1Cc2c([nH]c3ccccc23)CN1C(=O)CCN1CCCCCC1=O. The number of aliphatic carboxylic acids is 1. The predicted octanol–water partition coefficient (Wildman–Crippen LogP) is 2.30. The summed E-state index contributed by atoms with van der Waals surface area (Å²) in [6.07, 6.45) is 3.88. The van der Waals surface area contributed by atoms with Crippen LogP contribution in [0.15, 0.2) is 24.3 Å². The molecule has 2 aromatic rings. The Bertz CT molecular complexity index is 920. The molecule has 2 aliphatic rings. The number of nitrogens with zero attached hydrogens (tertiary/aromatic N) is 2. The number of benzene rings is 1. The van der Waals surface area contributed by atoms with Crippen molar-refractivity contribution >= 4 is 28.7 Å². The highest BCUT2D eigenvalue weighted by Gasteiger charge is 2.36. The average molecular weight is 383 g/mol. The molecule has 1 unspecified atom stereocenters. The minimum absolute atomic E-state index is 0.0941. The summed E-state index contributed by atoms with van der Waals surface area (Å²) < 4.78 is 0. The number of rotatable bonds is 4. The molecule has 1 fully saturated rings. The quantitative estimate of drug-likeness (QED) is 0.847. The number of para-hydroxylation sites is 1. The van der Waals surface area contributed by atoms with E-state index in [4.69, 9.17) is 0 Å². The first-order valence-electron chi connectivity index (χ1n) is 9.93. The second-order valence-electron chi connectivity index (χ2n) is 7.65. The molecular weight excluding hydrogens is 358 g/mol. The molecule has 2 amide bonds. The molecule has 2 N–H and O–H groups in total. The van der Waals surface area contributed by atoms with E-state index in [0.29, 0.717) is 25.9 Å². The summed E-state index contributed by atoms with van der Waals surface area (Å²) in [7, 11) is 0. The molecule has 1 saturated heterocycles. The molecule has 3 heterocycles. The Morgan fingerprint density at radius 3 is 2.82 bits per heavy atom. The molecule has 2 aliphatic heterocycles. The zero-order chi connectivity index (χ0) is 19.7. The Labute approximate surface area is 163 Å². The Hall–Kier alpha value is -2.83. The number of likely N-dealkylation sites (tertiary alicyclic amines) is 1. The van der Waals surface area contributed by atoms with Crippen LogP contribution in [0.4, 0.5) is 0 Å². The second-order valence-corrected chi connectivity index (χ2v) is 7.65. The van der Waals surface area contributed by atoms with Crippen LogP contribution < -0.4 is 0 Å². The van der Waals surface area contributed by atoms with E-state index in [-0.39, 0.29) is 24.8 Å². The molecule has 1 aromatic carbocycles. The van der Waals surface area contributed by atoms with Crippen molar-refractivity contribution in [2.45, 2.75) is 51.1 Å². The summed E-state index contributed by atoms with van der Waals surface area (Å²) in [6.45, 7) is 1.30. The molecule has 0 saturated carbocycles. The van der Waals surface area contributed by atoms with Crippen LogP contribution in [0.25, 0.3) is 10.9 Å². The number of carbonyl (C=O) groups is 3. The number of hydrogen-bond donors (Lipinski definition) is 2. The van der Waals surface area contributed by atoms with Crippen molar-refractivity contribution < 1.29 is 19.5 Å². The molecule has 7 heteroatoms. The Kier molecular flexibility index (Phi) is 5.07. The van der Waals surface area contributed by atoms with Crippen LogP contribution in [0.1, 0.15) is 43.4 Å². The Morgan fingerprint density at radius 2 is 2.00 bits per heavy atom. The van der Waals surface area contributed by atoms with E-state index in [1.165, 1.54) is 4.90 Å². The summed E-state index contributed by atoms with van der Waals surface area (Å²) in [5.74, 6) is -1.11. The van der Waals surface area contributed by atoms with Crippen LogP contribution in [-0.2, 0) is 27.3 Å². The largest absolute Gasteiger partial charge is 0.480 e. The number of fused-ring (bicyclic) bond motifs is 3. The molecule has 1 atom stereocenters. The lowest BCUT2D eigenvalue weighted by Crippen LogP contribution is -2.49. The lowest BCUT2D eigenvalue weighted by atomic mass is 9.96. The molecule has 1 aromatic heterocycles. The van der Waals surface area contributed by atoms with E-state index in [0.717, 1.165) is 41.4 Å². The summed E-state index contributed by atoms with van der Waals surface area (Å²) in [6, 6.07) is 6.92. The highest BCUT2D eigenvalue weighted by molar-refractivity contribution is 5.89. The molecule has 0 aliphatic carbocycles. The fraction of sp³-hybridized carbons (Fsp3) is 0.476. The predicted molar refractivity (Wildman–Crippen MR) is 104 cm³/mol. The third-order valence-electron chi connectivity index (χ3n) is 5.88. The summed E-state index contributed by atoms with van der Waals surface area (Å²) in [4.78, 5) is 43.4. The van der Waals surface area contributed by atoms with Gasteiger partial charge in [0.2, 0.25) is 11.8 Å². The van der Waals surface area contributed by atoms with Crippen molar-refractivity contribution in [2.24, 2.45) is 0 Å². The first-order chi connectivity index (χ1) is 13.5. The summed E-state index contributed by atoms with van der Waals surface area (Å²) in [5, 5.41) is 10.7. The molecule has 7 nitrogen and oxygen atoms in total. The number of carboxylic acid groups (broad SMARTS) is 1. The minimum Gasteiger partial charge on any atom is -0.480 e. The van der Waals surface area contributed by atoms with Gasteiger partial charge in [-0.2, -0.15) is 0 Å². The van der Waals surface area contributed by atoms with Crippen molar-refractivity contribution in [2.75, 3.05) is 13.1 Å². The van der Waals surface area contributed by atoms with Crippen LogP contribution in [0.3, 0.4) is 0 Å². The zero-order valence-electron chi connectivity index (χ0n) is 15.8. The average Bonchev–Trinajstić information content (AvgIpc) is 2.93. The van der Waals surface area contributed by atoms with Gasteiger partial charge < -0.3 is 19.9 Å². The van der Waals surface area contributed by atoms with Crippen molar-refractivity contribution in [3.05, 3.63) is 35.5 Å². The van der Waals surface area contributed by atoms with Crippen molar-refractivity contribution in [3.8, 4) is 0 Å². The van der Waals surface area contributed by atoms with Crippen LogP contribution in [-0.4, -0.2) is 56.8 Å². The lowest BCUT2D eigenvalue weighted by molar-refractivity contribution is -0.151. The normalized spacial score (nSPS) is 20.1. The highest BCUT2D eigenvalue weighted by atomic mass is 16.4. The smallest absolute Gasteiger partial charge is 0.326 e. The molecule has 0 spiro atoms. The monoisotopic (exact) mass is 383 g/mol. The van der Waals surface area contributed by atoms with Crippen molar-refractivity contribution in [1.29, 1.82) is 0 Å². The Balaban J connectivity index is 1.51. The molecule has 0 radical (unpaired) electrons. The van der Waals surface area contributed by atoms with Gasteiger partial charge in [-0.1, -0.05) is 24.6 Å². The maximum atomic E-state index is 12.9. The van der Waals surface area contributed by atoms with E-state index in [2.05, 4.69) is 4.98 Å². The van der Waals surface area contributed by atoms with Gasteiger partial charge in [-0.15, -0.1) is 0 Å². The zero-order valence-corrected chi connectivity index (χ0v) is 15.8. The van der Waals surface area contributed by atoms with Gasteiger partial charge in [-0.05, 0) is 24.5 Å². The topological polar surface area (TPSA) is 93.7 Å². The van der Waals surface area contributed by atoms with E-state index < -0.39 is 12.0 Å². The van der Waals surface area contributed by atoms with E-state index >= 15 is 0 Å². The van der Waals surface area contributed by atoms with Crippen LogP contribution in [0, 0.1) is 0 Å². The van der Waals surface area contributed by atoms with Crippen LogP contribution >= 0.6 is 0 Å². The number of carboxylic acids is 1. The minimum atomic E-state index is -0.991. The number of nitrogens with one attached hydrogen (secondary N) is 1. The van der Waals surface area contributed by atoms with E-state index in [1.54, 1.807) is 4.90 Å². The fourth-order valence-electron chi connectivity index (χ4n) is 4.34. The summed E-state index contributed by atoms with van der Waals surface area (Å²) in [5.41, 5.74) is 2.84. The number of aromatic amines is 1.